The number of halogens is 1. The predicted octanol–water partition coefficient (Wildman–Crippen LogP) is 0.597. The monoisotopic (exact) mass is 458 g/mol. The maximum Gasteiger partial charge on any atom is 0.297 e. The molecule has 2 N–H and O–H groups in total. The molecule has 1 aromatic carbocycles. The summed E-state index contributed by atoms with van der Waals surface area (Å²) in [5, 5.41) is 20.2. The third-order valence-corrected chi connectivity index (χ3v) is 5.77. The van der Waals surface area contributed by atoms with Crippen LogP contribution in [-0.2, 0) is 23.8 Å². The van der Waals surface area contributed by atoms with Crippen molar-refractivity contribution in [2.45, 2.75) is 42.5 Å². The third kappa shape index (κ3) is 4.21. The summed E-state index contributed by atoms with van der Waals surface area (Å²) in [6.45, 7) is 1.83. The van der Waals surface area contributed by atoms with Crippen molar-refractivity contribution in [3.8, 4) is 0 Å². The van der Waals surface area contributed by atoms with Gasteiger partial charge in [-0.1, -0.05) is 40.3 Å². The zero-order valence-electron chi connectivity index (χ0n) is 12.6. The van der Waals surface area contributed by atoms with E-state index in [1.807, 2.05) is 29.5 Å². The number of alkyl halides is 1. The average Bonchev–Trinajstić information content (AvgIpc) is 2.52. The number of methoxy groups -OCH3 is 1. The number of benzene rings is 1. The zero-order chi connectivity index (χ0) is 17.2. The Hall–Kier alpha value is -0.300. The van der Waals surface area contributed by atoms with Gasteiger partial charge in [-0.2, -0.15) is 8.42 Å². The van der Waals surface area contributed by atoms with Crippen LogP contribution < -0.4 is 0 Å². The second-order valence-corrected chi connectivity index (χ2v) is 7.70. The summed E-state index contributed by atoms with van der Waals surface area (Å²) >= 11 is 2.00. The van der Waals surface area contributed by atoms with E-state index in [2.05, 4.69) is 0 Å². The van der Waals surface area contributed by atoms with Crippen molar-refractivity contribution in [2.75, 3.05) is 11.5 Å². The first-order chi connectivity index (χ1) is 10.8. The highest BCUT2D eigenvalue weighted by atomic mass is 127. The highest BCUT2D eigenvalue weighted by Gasteiger charge is 2.47. The fourth-order valence-corrected chi connectivity index (χ4v) is 4.04. The number of ether oxygens (including phenoxy) is 2. The zero-order valence-corrected chi connectivity index (χ0v) is 15.6. The minimum Gasteiger partial charge on any atom is -0.388 e. The van der Waals surface area contributed by atoms with Gasteiger partial charge < -0.3 is 19.7 Å². The molecule has 1 aliphatic heterocycles. The Morgan fingerprint density at radius 2 is 1.83 bits per heavy atom. The van der Waals surface area contributed by atoms with E-state index in [0.717, 1.165) is 5.56 Å². The summed E-state index contributed by atoms with van der Waals surface area (Å²) < 4.78 is 40.7. The lowest BCUT2D eigenvalue weighted by molar-refractivity contribution is -0.277. The maximum atomic E-state index is 12.3. The summed E-state index contributed by atoms with van der Waals surface area (Å²) in [4.78, 5) is -0.0457. The van der Waals surface area contributed by atoms with Crippen LogP contribution >= 0.6 is 22.6 Å². The highest BCUT2D eigenvalue weighted by Crippen LogP contribution is 2.28. The lowest BCUT2D eigenvalue weighted by Crippen LogP contribution is -2.59. The van der Waals surface area contributed by atoms with E-state index in [-0.39, 0.29) is 4.90 Å². The summed E-state index contributed by atoms with van der Waals surface area (Å²) in [6.07, 6.45) is -5.85. The van der Waals surface area contributed by atoms with Gasteiger partial charge in [0.25, 0.3) is 10.1 Å². The predicted molar refractivity (Wildman–Crippen MR) is 89.8 cm³/mol. The van der Waals surface area contributed by atoms with Crippen LogP contribution in [0.15, 0.2) is 29.2 Å². The Bertz CT molecular complexity index is 617. The second-order valence-electron chi connectivity index (χ2n) is 5.24. The third-order valence-electron chi connectivity index (χ3n) is 3.58. The Balaban J connectivity index is 2.24. The van der Waals surface area contributed by atoms with E-state index >= 15 is 0 Å². The molecule has 0 saturated carbocycles. The SMILES string of the molecule is CO[C@H]1O[C@H](CI)[C@@H](O)[C@H](O)[C@@H]1OS(=O)(=O)c1ccc(C)cc1. The number of aliphatic hydroxyl groups excluding tert-OH is 2. The minimum atomic E-state index is -4.13. The molecule has 0 spiro atoms. The van der Waals surface area contributed by atoms with E-state index in [1.54, 1.807) is 12.1 Å². The van der Waals surface area contributed by atoms with E-state index < -0.39 is 40.8 Å². The number of aliphatic hydroxyl groups is 2. The van der Waals surface area contributed by atoms with Gasteiger partial charge in [-0.3, -0.25) is 4.18 Å². The van der Waals surface area contributed by atoms with Crippen molar-refractivity contribution >= 4 is 32.7 Å². The van der Waals surface area contributed by atoms with Crippen LogP contribution in [0.5, 0.6) is 0 Å². The smallest absolute Gasteiger partial charge is 0.297 e. The van der Waals surface area contributed by atoms with Gasteiger partial charge >= 0.3 is 0 Å². The van der Waals surface area contributed by atoms with Crippen LogP contribution in [0.2, 0.25) is 0 Å². The van der Waals surface area contributed by atoms with Gasteiger partial charge in [-0.05, 0) is 19.1 Å². The van der Waals surface area contributed by atoms with Crippen molar-refractivity contribution in [3.05, 3.63) is 29.8 Å². The molecule has 5 atom stereocenters. The minimum absolute atomic E-state index is 0.0457. The molecule has 0 radical (unpaired) electrons. The lowest BCUT2D eigenvalue weighted by Gasteiger charge is -2.40. The molecule has 1 fully saturated rings. The van der Waals surface area contributed by atoms with Crippen LogP contribution in [0.1, 0.15) is 5.56 Å². The molecular weight excluding hydrogens is 439 g/mol. The van der Waals surface area contributed by atoms with E-state index in [9.17, 15) is 18.6 Å². The van der Waals surface area contributed by atoms with Crippen LogP contribution in [0, 0.1) is 6.92 Å². The first kappa shape index (κ1) is 19.0. The normalized spacial score (nSPS) is 32.0. The molecule has 1 aliphatic rings. The lowest BCUT2D eigenvalue weighted by atomic mass is 10.0. The van der Waals surface area contributed by atoms with Crippen LogP contribution in [0.25, 0.3) is 0 Å². The molecule has 0 aromatic heterocycles. The molecular formula is C14H19IO7S. The summed E-state index contributed by atoms with van der Waals surface area (Å²) in [5.74, 6) is 0. The van der Waals surface area contributed by atoms with Crippen molar-refractivity contribution in [2.24, 2.45) is 0 Å². The number of hydrogen-bond acceptors (Lipinski definition) is 7. The molecule has 1 saturated heterocycles. The molecule has 0 aliphatic carbocycles. The largest absolute Gasteiger partial charge is 0.388 e. The molecule has 0 unspecified atom stereocenters. The second kappa shape index (κ2) is 7.72. The fourth-order valence-electron chi connectivity index (χ4n) is 2.23. The average molecular weight is 458 g/mol. The van der Waals surface area contributed by atoms with Crippen molar-refractivity contribution in [1.82, 2.24) is 0 Å². The Labute approximate surface area is 148 Å². The Morgan fingerprint density at radius 1 is 1.22 bits per heavy atom. The van der Waals surface area contributed by atoms with E-state index in [4.69, 9.17) is 13.7 Å². The standard InChI is InChI=1S/C14H19IO7S/c1-8-3-5-9(6-4-8)23(18,19)22-13-12(17)11(16)10(7-15)21-14(13)20-2/h3-6,10-14,16-17H,7H2,1-2H3/t10-,11-,12+,13+,14+/m1/s1. The Morgan fingerprint density at radius 3 is 2.35 bits per heavy atom. The molecule has 9 heteroatoms. The fraction of sp³-hybridized carbons (Fsp3) is 0.571. The van der Waals surface area contributed by atoms with Crippen molar-refractivity contribution in [3.63, 3.8) is 0 Å². The topological polar surface area (TPSA) is 102 Å². The van der Waals surface area contributed by atoms with Gasteiger partial charge in [0.1, 0.15) is 12.2 Å². The number of aryl methyl sites for hydroxylation is 1. The van der Waals surface area contributed by atoms with Gasteiger partial charge in [0.15, 0.2) is 12.4 Å². The number of rotatable bonds is 5. The summed E-state index contributed by atoms with van der Waals surface area (Å²) in [5.41, 5.74) is 0.903. The highest BCUT2D eigenvalue weighted by molar-refractivity contribution is 14.1. The molecule has 130 valence electrons. The molecule has 23 heavy (non-hydrogen) atoms. The molecule has 0 amide bonds. The van der Waals surface area contributed by atoms with Gasteiger partial charge in [0.2, 0.25) is 0 Å². The summed E-state index contributed by atoms with van der Waals surface area (Å²) in [7, 11) is -2.82. The van der Waals surface area contributed by atoms with Gasteiger partial charge in [0.05, 0.1) is 11.0 Å². The van der Waals surface area contributed by atoms with Gasteiger partial charge in [-0.15, -0.1) is 0 Å². The Kier molecular flexibility index (Phi) is 6.39. The van der Waals surface area contributed by atoms with Crippen LogP contribution in [0.4, 0.5) is 0 Å². The van der Waals surface area contributed by atoms with Crippen LogP contribution in [0.3, 0.4) is 0 Å². The maximum absolute atomic E-state index is 12.3. The van der Waals surface area contributed by atoms with E-state index in [0.29, 0.717) is 4.43 Å². The van der Waals surface area contributed by atoms with Crippen molar-refractivity contribution in [1.29, 1.82) is 0 Å². The molecule has 1 heterocycles. The molecule has 7 nitrogen and oxygen atoms in total. The van der Waals surface area contributed by atoms with Gasteiger partial charge in [0, 0.05) is 11.5 Å². The van der Waals surface area contributed by atoms with E-state index in [1.165, 1.54) is 19.2 Å². The first-order valence-electron chi connectivity index (χ1n) is 6.90. The molecule has 2 rings (SSSR count). The number of hydrogen-bond donors (Lipinski definition) is 2. The van der Waals surface area contributed by atoms with Crippen molar-refractivity contribution < 1.29 is 32.3 Å². The van der Waals surface area contributed by atoms with Crippen LogP contribution in [-0.4, -0.2) is 60.9 Å². The summed E-state index contributed by atoms with van der Waals surface area (Å²) in [6, 6.07) is 6.09. The van der Waals surface area contributed by atoms with Gasteiger partial charge in [-0.25, -0.2) is 0 Å². The molecule has 1 aromatic rings. The molecule has 0 bridgehead atoms. The quantitative estimate of drug-likeness (QED) is 0.379. The first-order valence-corrected chi connectivity index (χ1v) is 9.84.